The Hall–Kier alpha value is -15.7. The summed E-state index contributed by atoms with van der Waals surface area (Å²) < 4.78 is 29.6. The molecule has 24 rings (SSSR count). The molecule has 128 heavy (non-hydrogen) atoms. The average molecular weight is 1670 g/mol. The molecule has 0 aliphatic heterocycles. The Morgan fingerprint density at radius 2 is 0.391 bits per heavy atom. The normalized spacial score (nSPS) is 12.4. The molecule has 4 aliphatic rings. The van der Waals surface area contributed by atoms with E-state index in [1.165, 1.54) is 89.0 Å². The zero-order chi connectivity index (χ0) is 86.6. The molecule has 0 atom stereocenters. The largest absolute Gasteiger partial charge is 0.497 e. The van der Waals surface area contributed by atoms with E-state index in [2.05, 4.69) is 222 Å². The lowest BCUT2D eigenvalue weighted by molar-refractivity contribution is 0.415. The molecular weight excluding hydrogens is 1580 g/mol. The number of nitrogens with zero attached hydrogens (tertiary/aromatic N) is 12. The molecule has 0 spiro atoms. The second-order valence-corrected chi connectivity index (χ2v) is 32.9. The highest BCUT2D eigenvalue weighted by Gasteiger charge is 2.33. The number of pyridine rings is 4. The monoisotopic (exact) mass is 1670 g/mol. The summed E-state index contributed by atoms with van der Waals surface area (Å²) in [6.07, 6.45) is 7.69. The lowest BCUT2D eigenvalue weighted by Gasteiger charge is -2.23. The van der Waals surface area contributed by atoms with Gasteiger partial charge in [-0.05, 0) is 243 Å². The highest BCUT2D eigenvalue weighted by molar-refractivity contribution is 6.09. The van der Waals surface area contributed by atoms with Gasteiger partial charge in [0.15, 0.2) is 22.6 Å². The molecule has 0 radical (unpaired) electrons. The summed E-state index contributed by atoms with van der Waals surface area (Å²) in [5.41, 5.74) is 41.2. The molecule has 0 unspecified atom stereocenters. The summed E-state index contributed by atoms with van der Waals surface area (Å²) in [4.78, 5) is 20.8. The van der Waals surface area contributed by atoms with Crippen molar-refractivity contribution in [1.82, 2.24) is 59.1 Å². The Balaban J connectivity index is 0.000000104. The predicted octanol–water partition coefficient (Wildman–Crippen LogP) is 24.7. The molecule has 0 saturated heterocycles. The second kappa shape index (κ2) is 33.8. The average Bonchev–Trinajstić information content (AvgIpc) is 1.52. The molecule has 8 aromatic heterocycles. The number of hydrogen-bond acceptors (Lipinski definition) is 12. The van der Waals surface area contributed by atoms with Crippen molar-refractivity contribution < 1.29 is 18.9 Å². The Bertz CT molecular complexity index is 6710. The minimum atomic E-state index is 0.852. The first-order valence-electron chi connectivity index (χ1n) is 43.8. The van der Waals surface area contributed by atoms with E-state index in [9.17, 15) is 0 Å². The van der Waals surface area contributed by atoms with E-state index < -0.39 is 0 Å². The third kappa shape index (κ3) is 14.2. The summed E-state index contributed by atoms with van der Waals surface area (Å²) in [7, 11) is 6.80. The van der Waals surface area contributed by atoms with Gasteiger partial charge in [-0.25, -0.2) is 38.7 Å². The third-order valence-electron chi connectivity index (χ3n) is 25.5. The molecule has 4 aliphatic carbocycles. The van der Waals surface area contributed by atoms with Gasteiger partial charge in [-0.3, -0.25) is 0 Å². The number of aryl methyl sites for hydroxylation is 12. The lowest BCUT2D eigenvalue weighted by Crippen LogP contribution is -2.09. The zero-order valence-corrected chi connectivity index (χ0v) is 72.7. The van der Waals surface area contributed by atoms with Crippen LogP contribution in [0.25, 0.3) is 156 Å². The van der Waals surface area contributed by atoms with Gasteiger partial charge in [-0.2, -0.15) is 20.4 Å². The quantitative estimate of drug-likeness (QED) is 0.114. The van der Waals surface area contributed by atoms with Crippen LogP contribution < -0.4 is 18.9 Å². The first-order valence-corrected chi connectivity index (χ1v) is 43.8. The molecule has 16 heteroatoms. The molecule has 624 valence electrons. The van der Waals surface area contributed by atoms with Gasteiger partial charge in [0.25, 0.3) is 0 Å². The number of rotatable bonds is 12. The van der Waals surface area contributed by atoms with Gasteiger partial charge in [-0.15, -0.1) is 0 Å². The summed E-state index contributed by atoms with van der Waals surface area (Å²) >= 11 is 0. The van der Waals surface area contributed by atoms with Crippen molar-refractivity contribution in [2.75, 3.05) is 28.4 Å². The maximum Gasteiger partial charge on any atom is 0.164 e. The minimum absolute atomic E-state index is 0.852. The van der Waals surface area contributed by atoms with Crippen LogP contribution in [0.1, 0.15) is 67.8 Å². The maximum absolute atomic E-state index is 5.42. The third-order valence-corrected chi connectivity index (χ3v) is 25.5. The van der Waals surface area contributed by atoms with Crippen molar-refractivity contribution in [3.63, 3.8) is 0 Å². The first-order chi connectivity index (χ1) is 63.0. The molecule has 0 bridgehead atoms. The molecule has 0 amide bonds. The van der Waals surface area contributed by atoms with Crippen LogP contribution in [0.15, 0.2) is 315 Å². The first kappa shape index (κ1) is 79.5. The van der Waals surface area contributed by atoms with Crippen molar-refractivity contribution in [2.45, 2.75) is 79.1 Å². The maximum atomic E-state index is 5.42. The van der Waals surface area contributed by atoms with Crippen LogP contribution in [0, 0.1) is 27.7 Å². The van der Waals surface area contributed by atoms with Crippen molar-refractivity contribution in [3.05, 3.63) is 383 Å². The fourth-order valence-electron chi connectivity index (χ4n) is 19.5. The molecular formula is C112H92N12O4. The van der Waals surface area contributed by atoms with E-state index in [1.54, 1.807) is 28.4 Å². The van der Waals surface area contributed by atoms with E-state index in [-0.39, 0.29) is 0 Å². The minimum Gasteiger partial charge on any atom is -0.497 e. The number of ether oxygens (including phenoxy) is 4. The van der Waals surface area contributed by atoms with Crippen LogP contribution >= 0.6 is 0 Å². The number of methoxy groups -OCH3 is 4. The van der Waals surface area contributed by atoms with Crippen molar-refractivity contribution in [1.29, 1.82) is 0 Å². The SMILES string of the molecule is COc1ccc(-c2c3c(nc4c2c(C)nn4-c2ccccc2)CCc2ccccc2-3)cc1.COc1ccc(-c2c3c(nc4c2c(C)nn4-c2ccccc2)CCc2ccccc2-3)cc1.COc1ccc(-c2c3c(nc4c2c(C)nn4-c2ccccc2)CCc2ccccc2-3)cc1.COc1ccc(-c2c3c(nc4c2c(C)nn4-c2ccccc2)CCc2ccccc2-3)cc1. The topological polar surface area (TPSA) is 160 Å². The van der Waals surface area contributed by atoms with Crippen LogP contribution in [0.4, 0.5) is 0 Å². The second-order valence-electron chi connectivity index (χ2n) is 32.9. The van der Waals surface area contributed by atoms with Crippen LogP contribution in [-0.4, -0.2) is 87.5 Å². The highest BCUT2D eigenvalue weighted by atomic mass is 16.5. The van der Waals surface area contributed by atoms with Crippen LogP contribution in [0.3, 0.4) is 0 Å². The Morgan fingerprint density at radius 3 is 0.586 bits per heavy atom. The summed E-state index contributed by atoms with van der Waals surface area (Å²) in [6, 6.07) is 109. The zero-order valence-electron chi connectivity index (χ0n) is 72.7. The molecule has 20 aromatic rings. The van der Waals surface area contributed by atoms with Gasteiger partial charge in [0.1, 0.15) is 23.0 Å². The molecule has 8 heterocycles. The highest BCUT2D eigenvalue weighted by Crippen LogP contribution is 2.51. The smallest absolute Gasteiger partial charge is 0.164 e. The molecule has 12 aromatic carbocycles. The lowest BCUT2D eigenvalue weighted by atomic mass is 9.83. The summed E-state index contributed by atoms with van der Waals surface area (Å²) in [5.74, 6) is 3.41. The van der Waals surface area contributed by atoms with Gasteiger partial charge in [0.05, 0.1) is 118 Å². The van der Waals surface area contributed by atoms with E-state index in [1.807, 2.05) is 140 Å². The van der Waals surface area contributed by atoms with Crippen LogP contribution in [0.5, 0.6) is 23.0 Å². The fraction of sp³-hybridized carbons (Fsp3) is 0.143. The number of aromatic nitrogens is 12. The number of fused-ring (bicyclic) bond motifs is 16. The number of para-hydroxylation sites is 4. The summed E-state index contributed by atoms with van der Waals surface area (Å²) in [6.45, 7) is 8.32. The van der Waals surface area contributed by atoms with Crippen LogP contribution in [0.2, 0.25) is 0 Å². The van der Waals surface area contributed by atoms with Crippen molar-refractivity contribution in [3.8, 4) is 135 Å². The van der Waals surface area contributed by atoms with Gasteiger partial charge in [0.2, 0.25) is 0 Å². The fourth-order valence-corrected chi connectivity index (χ4v) is 19.5. The van der Waals surface area contributed by atoms with E-state index >= 15 is 0 Å². The van der Waals surface area contributed by atoms with Crippen LogP contribution in [-0.2, 0) is 51.4 Å². The van der Waals surface area contributed by atoms with Crippen molar-refractivity contribution in [2.24, 2.45) is 0 Å². The standard InChI is InChI=1S/4C28H23N3O/c4*1-18-25-26(20-12-15-22(32-2)16-13-20)27-23-11-7-6-8-19(23)14-17-24(27)29-28(25)31(30-18)21-9-4-3-5-10-21/h4*3-13,15-16H,14,17H2,1-2H3. The van der Waals surface area contributed by atoms with Gasteiger partial charge < -0.3 is 18.9 Å². The molecule has 0 fully saturated rings. The van der Waals surface area contributed by atoms with E-state index in [4.69, 9.17) is 59.3 Å². The van der Waals surface area contributed by atoms with Gasteiger partial charge in [0, 0.05) is 44.5 Å². The van der Waals surface area contributed by atoms with E-state index in [0.29, 0.717) is 0 Å². The number of hydrogen-bond donors (Lipinski definition) is 0. The molecule has 0 N–H and O–H groups in total. The number of benzene rings is 12. The predicted molar refractivity (Wildman–Crippen MR) is 514 cm³/mol. The Morgan fingerprint density at radius 1 is 0.203 bits per heavy atom. The van der Waals surface area contributed by atoms with Crippen molar-refractivity contribution >= 4 is 44.1 Å². The summed E-state index contributed by atoms with van der Waals surface area (Å²) in [5, 5.41) is 24.2. The van der Waals surface area contributed by atoms with E-state index in [0.717, 1.165) is 209 Å². The Labute approximate surface area is 743 Å². The molecule has 16 nitrogen and oxygen atoms in total. The van der Waals surface area contributed by atoms with Gasteiger partial charge >= 0.3 is 0 Å². The van der Waals surface area contributed by atoms with Gasteiger partial charge in [-0.1, -0.05) is 218 Å². The molecule has 0 saturated carbocycles. The Kier molecular flexibility index (Phi) is 21.0.